The molecule has 8 heteroatoms. The van der Waals surface area contributed by atoms with Crippen molar-refractivity contribution < 1.29 is 19.1 Å². The number of carbonyl (C=O) groups is 2. The number of carboxylic acids is 1. The zero-order valence-corrected chi connectivity index (χ0v) is 18.1. The number of hydrogen-bond acceptors (Lipinski definition) is 2. The second kappa shape index (κ2) is 8.89. The molecule has 0 spiro atoms. The number of halogens is 3. The van der Waals surface area contributed by atoms with E-state index in [1.807, 2.05) is 18.2 Å². The number of fused-ring (bicyclic) bond motifs is 3. The maximum Gasteiger partial charge on any atom is 0.323 e. The molecule has 1 atom stereocenters. The number of aromatic nitrogens is 1. The molecule has 0 fully saturated rings. The number of nitrogens with one attached hydrogen (secondary N) is 1. The Labute approximate surface area is 188 Å². The minimum atomic E-state index is -0.989. The number of amides is 1. The number of carbonyl (C=O) groups excluding carboxylic acids is 1. The van der Waals surface area contributed by atoms with Gasteiger partial charge in [0.2, 0.25) is 5.91 Å². The zero-order valence-electron chi connectivity index (χ0n) is 16.6. The lowest BCUT2D eigenvalue weighted by molar-refractivity contribution is -0.137. The predicted molar refractivity (Wildman–Crippen MR) is 118 cm³/mol. The summed E-state index contributed by atoms with van der Waals surface area (Å²) in [6.45, 7) is -0.242. The Morgan fingerprint density at radius 1 is 1.23 bits per heavy atom. The van der Waals surface area contributed by atoms with Crippen molar-refractivity contribution in [1.29, 1.82) is 0 Å². The van der Waals surface area contributed by atoms with Crippen molar-refractivity contribution in [2.24, 2.45) is 0 Å². The zero-order chi connectivity index (χ0) is 22.1. The van der Waals surface area contributed by atoms with E-state index in [4.69, 9.17) is 23.2 Å². The van der Waals surface area contributed by atoms with Crippen LogP contribution in [0.4, 0.5) is 4.39 Å². The molecule has 0 radical (unpaired) electrons. The first-order valence-electron chi connectivity index (χ1n) is 10.1. The number of hydrogen-bond donors (Lipinski definition) is 2. The van der Waals surface area contributed by atoms with Crippen LogP contribution >= 0.6 is 23.2 Å². The van der Waals surface area contributed by atoms with E-state index >= 15 is 0 Å². The highest BCUT2D eigenvalue weighted by atomic mass is 35.5. The van der Waals surface area contributed by atoms with Crippen molar-refractivity contribution in [1.82, 2.24) is 9.88 Å². The molecular weight excluding hydrogens is 442 g/mol. The highest BCUT2D eigenvalue weighted by molar-refractivity contribution is 6.35. The standard InChI is InChI=1S/C23H21Cl2FN2O3/c24-14-3-1-2-13(8-14)4-7-21(29)27-16-5-6-20-17(11-16)18-9-15(26)10-19(25)23(18)28(20)12-22(30)31/h1-3,8-10,16H,4-7,11-12H2,(H,27,29)(H,30,31)/t16-/m1/s1. The van der Waals surface area contributed by atoms with E-state index < -0.39 is 11.8 Å². The van der Waals surface area contributed by atoms with Crippen molar-refractivity contribution >= 4 is 46.0 Å². The first-order valence-corrected chi connectivity index (χ1v) is 10.8. The van der Waals surface area contributed by atoms with Gasteiger partial charge in [-0.05, 0) is 61.1 Å². The van der Waals surface area contributed by atoms with Crippen LogP contribution in [-0.4, -0.2) is 27.6 Å². The topological polar surface area (TPSA) is 71.3 Å². The Kier molecular flexibility index (Phi) is 6.21. The van der Waals surface area contributed by atoms with Crippen molar-refractivity contribution in [3.8, 4) is 0 Å². The molecule has 0 bridgehead atoms. The lowest BCUT2D eigenvalue weighted by Gasteiger charge is -2.25. The molecule has 0 unspecified atom stereocenters. The first-order chi connectivity index (χ1) is 14.8. The first kappa shape index (κ1) is 21.7. The second-order valence-electron chi connectivity index (χ2n) is 7.83. The fourth-order valence-electron chi connectivity index (χ4n) is 4.38. The van der Waals surface area contributed by atoms with Gasteiger partial charge in [-0.25, -0.2) is 4.39 Å². The number of rotatable bonds is 6. The van der Waals surface area contributed by atoms with Crippen molar-refractivity contribution in [3.05, 3.63) is 69.1 Å². The molecule has 1 aliphatic rings. The van der Waals surface area contributed by atoms with E-state index in [2.05, 4.69) is 5.32 Å². The van der Waals surface area contributed by atoms with Gasteiger partial charge in [-0.15, -0.1) is 0 Å². The molecule has 5 nitrogen and oxygen atoms in total. The Bertz CT molecular complexity index is 1180. The van der Waals surface area contributed by atoms with Crippen LogP contribution in [0.25, 0.3) is 10.9 Å². The molecule has 162 valence electrons. The maximum absolute atomic E-state index is 14.0. The summed E-state index contributed by atoms with van der Waals surface area (Å²) in [4.78, 5) is 23.9. The minimum Gasteiger partial charge on any atom is -0.480 e. The molecule has 2 aromatic carbocycles. The summed E-state index contributed by atoms with van der Waals surface area (Å²) in [5.41, 5.74) is 3.22. The Morgan fingerprint density at radius 2 is 2.03 bits per heavy atom. The van der Waals surface area contributed by atoms with Gasteiger partial charge < -0.3 is 15.0 Å². The van der Waals surface area contributed by atoms with Crippen LogP contribution in [0.3, 0.4) is 0 Å². The third-order valence-corrected chi connectivity index (χ3v) is 6.19. The van der Waals surface area contributed by atoms with Gasteiger partial charge in [0, 0.05) is 28.6 Å². The molecule has 0 saturated carbocycles. The van der Waals surface area contributed by atoms with Crippen LogP contribution in [-0.2, 0) is 35.4 Å². The van der Waals surface area contributed by atoms with Crippen molar-refractivity contribution in [2.45, 2.75) is 44.7 Å². The highest BCUT2D eigenvalue weighted by Crippen LogP contribution is 2.36. The number of aliphatic carboxylic acids is 1. The molecule has 2 N–H and O–H groups in total. The molecule has 3 aromatic rings. The number of nitrogens with zero attached hydrogens (tertiary/aromatic N) is 1. The van der Waals surface area contributed by atoms with E-state index in [0.717, 1.165) is 16.8 Å². The van der Waals surface area contributed by atoms with Crippen molar-refractivity contribution in [2.75, 3.05) is 0 Å². The largest absolute Gasteiger partial charge is 0.480 e. The molecule has 0 saturated heterocycles. The van der Waals surface area contributed by atoms with Crippen LogP contribution < -0.4 is 5.32 Å². The summed E-state index contributed by atoms with van der Waals surface area (Å²) in [5, 5.41) is 13.8. The smallest absolute Gasteiger partial charge is 0.323 e. The molecule has 1 aromatic heterocycles. The number of carboxylic acid groups (broad SMARTS) is 1. The van der Waals surface area contributed by atoms with Gasteiger partial charge in [0.1, 0.15) is 12.4 Å². The van der Waals surface area contributed by atoms with Gasteiger partial charge in [0.15, 0.2) is 0 Å². The quantitative estimate of drug-likeness (QED) is 0.553. The Hall–Kier alpha value is -2.57. The summed E-state index contributed by atoms with van der Waals surface area (Å²) in [7, 11) is 0. The van der Waals surface area contributed by atoms with Crippen LogP contribution in [0.1, 0.15) is 29.7 Å². The van der Waals surface area contributed by atoms with Gasteiger partial charge in [0.05, 0.1) is 10.5 Å². The molecule has 4 rings (SSSR count). The normalized spacial score (nSPS) is 15.6. The molecule has 1 aliphatic carbocycles. The summed E-state index contributed by atoms with van der Waals surface area (Å²) < 4.78 is 15.7. The summed E-state index contributed by atoms with van der Waals surface area (Å²) in [6.07, 6.45) is 2.68. The summed E-state index contributed by atoms with van der Waals surface area (Å²) in [6, 6.07) is 9.91. The van der Waals surface area contributed by atoms with E-state index in [1.54, 1.807) is 10.6 Å². The second-order valence-corrected chi connectivity index (χ2v) is 8.67. The molecule has 1 amide bonds. The van der Waals surface area contributed by atoms with Gasteiger partial charge in [-0.2, -0.15) is 0 Å². The summed E-state index contributed by atoms with van der Waals surface area (Å²) in [5.74, 6) is -1.52. The van der Waals surface area contributed by atoms with Gasteiger partial charge in [0.25, 0.3) is 0 Å². The predicted octanol–water partition coefficient (Wildman–Crippen LogP) is 4.78. The number of benzene rings is 2. The average molecular weight is 463 g/mol. The van der Waals surface area contributed by atoms with Gasteiger partial charge in [-0.1, -0.05) is 35.3 Å². The lowest BCUT2D eigenvalue weighted by atomic mass is 9.91. The Morgan fingerprint density at radius 3 is 2.77 bits per heavy atom. The maximum atomic E-state index is 14.0. The van der Waals surface area contributed by atoms with E-state index in [0.29, 0.717) is 48.0 Å². The van der Waals surface area contributed by atoms with Crippen molar-refractivity contribution in [3.63, 3.8) is 0 Å². The fourth-order valence-corrected chi connectivity index (χ4v) is 4.90. The average Bonchev–Trinajstić information content (AvgIpc) is 2.99. The fraction of sp³-hybridized carbons (Fsp3) is 0.304. The Balaban J connectivity index is 1.52. The minimum absolute atomic E-state index is 0.0630. The van der Waals surface area contributed by atoms with Crippen LogP contribution in [0.2, 0.25) is 10.0 Å². The number of aryl methyl sites for hydroxylation is 1. The molecule has 1 heterocycles. The highest BCUT2D eigenvalue weighted by Gasteiger charge is 2.28. The third-order valence-electron chi connectivity index (χ3n) is 5.67. The summed E-state index contributed by atoms with van der Waals surface area (Å²) >= 11 is 12.3. The lowest BCUT2D eigenvalue weighted by Crippen LogP contribution is -2.39. The van der Waals surface area contributed by atoms with Crippen LogP contribution in [0.15, 0.2) is 36.4 Å². The molecule has 31 heavy (non-hydrogen) atoms. The molecular formula is C23H21Cl2FN2O3. The monoisotopic (exact) mass is 462 g/mol. The van der Waals surface area contributed by atoms with Gasteiger partial charge in [-0.3, -0.25) is 9.59 Å². The van der Waals surface area contributed by atoms with Crippen LogP contribution in [0, 0.1) is 5.82 Å². The molecule has 0 aliphatic heterocycles. The third kappa shape index (κ3) is 4.70. The van der Waals surface area contributed by atoms with Gasteiger partial charge >= 0.3 is 5.97 Å². The van der Waals surface area contributed by atoms with Crippen LogP contribution in [0.5, 0.6) is 0 Å². The van der Waals surface area contributed by atoms with E-state index in [9.17, 15) is 19.1 Å². The van der Waals surface area contributed by atoms with E-state index in [1.165, 1.54) is 12.1 Å². The SMILES string of the molecule is O=C(O)Cn1c2c(c3cc(F)cc(Cl)c31)C[C@H](NC(=O)CCc1cccc(Cl)c1)CC2. The van der Waals surface area contributed by atoms with E-state index in [-0.39, 0.29) is 23.5 Å².